The second-order valence-electron chi connectivity index (χ2n) is 5.92. The van der Waals surface area contributed by atoms with Gasteiger partial charge in [0.05, 0.1) is 17.6 Å². The Kier molecular flexibility index (Phi) is 5.82. The van der Waals surface area contributed by atoms with Gasteiger partial charge in [0.2, 0.25) is 0 Å². The van der Waals surface area contributed by atoms with E-state index in [1.807, 2.05) is 18.9 Å². The van der Waals surface area contributed by atoms with E-state index in [9.17, 15) is 17.6 Å². The van der Waals surface area contributed by atoms with Crippen LogP contribution in [0.3, 0.4) is 0 Å². The van der Waals surface area contributed by atoms with Crippen LogP contribution in [0.1, 0.15) is 29.2 Å². The molecule has 0 saturated heterocycles. The van der Waals surface area contributed by atoms with Gasteiger partial charge in [-0.3, -0.25) is 0 Å². The lowest BCUT2D eigenvalue weighted by atomic mass is 10.00. The van der Waals surface area contributed by atoms with Gasteiger partial charge >= 0.3 is 6.18 Å². The Labute approximate surface area is 144 Å². The SMILES string of the molecule is CCN(C)C=Nc1cc(F)c(Cc2cccc(C(F)(F)F)c2)cc1C. The number of benzene rings is 2. The monoisotopic (exact) mass is 352 g/mol. The standard InChI is InChI=1S/C19H20F4N2/c1-4-25(3)12-24-18-11-17(20)15(8-13(18)2)9-14-6-5-7-16(10-14)19(21,22)23/h5-8,10-12H,4,9H2,1-3H3. The van der Waals surface area contributed by atoms with E-state index in [4.69, 9.17) is 0 Å². The third-order valence-electron chi connectivity index (χ3n) is 3.91. The molecule has 0 N–H and O–H groups in total. The number of aliphatic imine (C=N–C) groups is 1. The van der Waals surface area contributed by atoms with E-state index in [0.717, 1.165) is 24.2 Å². The number of halogens is 4. The van der Waals surface area contributed by atoms with Gasteiger partial charge in [-0.05, 0) is 36.6 Å². The van der Waals surface area contributed by atoms with Gasteiger partial charge < -0.3 is 4.90 Å². The van der Waals surface area contributed by atoms with Crippen molar-refractivity contribution in [3.8, 4) is 0 Å². The largest absolute Gasteiger partial charge is 0.416 e. The second-order valence-corrected chi connectivity index (χ2v) is 5.92. The summed E-state index contributed by atoms with van der Waals surface area (Å²) in [6, 6.07) is 7.91. The smallest absolute Gasteiger partial charge is 0.366 e. The van der Waals surface area contributed by atoms with Crippen molar-refractivity contribution in [2.75, 3.05) is 13.6 Å². The molecule has 6 heteroatoms. The molecule has 2 aromatic rings. The van der Waals surface area contributed by atoms with Crippen LogP contribution in [0.5, 0.6) is 0 Å². The van der Waals surface area contributed by atoms with Crippen LogP contribution in [-0.4, -0.2) is 24.8 Å². The highest BCUT2D eigenvalue weighted by Crippen LogP contribution is 2.30. The molecule has 0 heterocycles. The highest BCUT2D eigenvalue weighted by Gasteiger charge is 2.30. The predicted molar refractivity (Wildman–Crippen MR) is 91.8 cm³/mol. The van der Waals surface area contributed by atoms with Gasteiger partial charge in [0, 0.05) is 26.1 Å². The summed E-state index contributed by atoms with van der Waals surface area (Å²) < 4.78 is 52.7. The first-order valence-corrected chi connectivity index (χ1v) is 7.90. The highest BCUT2D eigenvalue weighted by atomic mass is 19.4. The van der Waals surface area contributed by atoms with Crippen LogP contribution >= 0.6 is 0 Å². The summed E-state index contributed by atoms with van der Waals surface area (Å²) in [4.78, 5) is 6.10. The summed E-state index contributed by atoms with van der Waals surface area (Å²) >= 11 is 0. The van der Waals surface area contributed by atoms with Crippen LogP contribution in [-0.2, 0) is 12.6 Å². The quantitative estimate of drug-likeness (QED) is 0.402. The molecule has 0 fully saturated rings. The highest BCUT2D eigenvalue weighted by molar-refractivity contribution is 5.63. The average Bonchev–Trinajstić information content (AvgIpc) is 2.55. The summed E-state index contributed by atoms with van der Waals surface area (Å²) in [7, 11) is 1.86. The maximum Gasteiger partial charge on any atom is 0.416 e. The van der Waals surface area contributed by atoms with Gasteiger partial charge in [-0.15, -0.1) is 0 Å². The molecule has 0 aliphatic rings. The van der Waals surface area contributed by atoms with Crippen LogP contribution in [0.2, 0.25) is 0 Å². The Bertz CT molecular complexity index is 767. The van der Waals surface area contributed by atoms with Crippen molar-refractivity contribution in [1.82, 2.24) is 4.90 Å². The number of alkyl halides is 3. The van der Waals surface area contributed by atoms with Crippen LogP contribution < -0.4 is 0 Å². The van der Waals surface area contributed by atoms with Gasteiger partial charge in [-0.1, -0.05) is 24.3 Å². The third-order valence-corrected chi connectivity index (χ3v) is 3.91. The maximum absolute atomic E-state index is 14.3. The predicted octanol–water partition coefficient (Wildman–Crippen LogP) is 5.36. The number of hydrogen-bond donors (Lipinski definition) is 0. The minimum absolute atomic E-state index is 0.0927. The van der Waals surface area contributed by atoms with Crippen LogP contribution in [0, 0.1) is 12.7 Å². The van der Waals surface area contributed by atoms with Crippen LogP contribution in [0.4, 0.5) is 23.2 Å². The van der Waals surface area contributed by atoms with E-state index in [1.54, 1.807) is 25.4 Å². The Morgan fingerprint density at radius 3 is 2.52 bits per heavy atom. The number of rotatable bonds is 5. The molecule has 0 bridgehead atoms. The molecule has 2 rings (SSSR count). The first kappa shape index (κ1) is 19.0. The fourth-order valence-electron chi connectivity index (χ4n) is 2.33. The van der Waals surface area contributed by atoms with E-state index < -0.39 is 17.6 Å². The van der Waals surface area contributed by atoms with Crippen molar-refractivity contribution in [2.45, 2.75) is 26.4 Å². The minimum atomic E-state index is -4.41. The van der Waals surface area contributed by atoms with Gasteiger partial charge in [0.15, 0.2) is 0 Å². The van der Waals surface area contributed by atoms with Gasteiger partial charge in [-0.2, -0.15) is 13.2 Å². The Hall–Kier alpha value is -2.37. The molecule has 0 radical (unpaired) electrons. The van der Waals surface area contributed by atoms with Crippen LogP contribution in [0.15, 0.2) is 41.4 Å². The lowest BCUT2D eigenvalue weighted by Gasteiger charge is -2.12. The zero-order valence-electron chi connectivity index (χ0n) is 14.4. The molecule has 2 aromatic carbocycles. The van der Waals surface area contributed by atoms with Crippen molar-refractivity contribution in [3.05, 3.63) is 64.5 Å². The molecule has 0 aliphatic carbocycles. The Balaban J connectivity index is 2.27. The van der Waals surface area contributed by atoms with Crippen molar-refractivity contribution >= 4 is 12.0 Å². The van der Waals surface area contributed by atoms with Gasteiger partial charge in [0.1, 0.15) is 5.82 Å². The first-order valence-electron chi connectivity index (χ1n) is 7.90. The fourth-order valence-corrected chi connectivity index (χ4v) is 2.33. The van der Waals surface area contributed by atoms with E-state index in [2.05, 4.69) is 4.99 Å². The lowest BCUT2D eigenvalue weighted by Crippen LogP contribution is -2.14. The van der Waals surface area contributed by atoms with Crippen LogP contribution in [0.25, 0.3) is 0 Å². The summed E-state index contributed by atoms with van der Waals surface area (Å²) in [6.07, 6.45) is -2.70. The molecular formula is C19H20F4N2. The maximum atomic E-state index is 14.3. The minimum Gasteiger partial charge on any atom is -0.366 e. The Morgan fingerprint density at radius 2 is 1.88 bits per heavy atom. The zero-order chi connectivity index (χ0) is 18.6. The number of hydrogen-bond acceptors (Lipinski definition) is 1. The summed E-state index contributed by atoms with van der Waals surface area (Å²) in [5.74, 6) is -0.477. The molecule has 25 heavy (non-hydrogen) atoms. The van der Waals surface area contributed by atoms with Gasteiger partial charge in [-0.25, -0.2) is 9.38 Å². The fraction of sp³-hybridized carbons (Fsp3) is 0.316. The summed E-state index contributed by atoms with van der Waals surface area (Å²) in [5.41, 5.74) is 1.30. The average molecular weight is 352 g/mol. The molecule has 0 amide bonds. The molecule has 2 nitrogen and oxygen atoms in total. The van der Waals surface area contributed by atoms with Crippen molar-refractivity contribution in [3.63, 3.8) is 0 Å². The molecule has 0 aromatic heterocycles. The van der Waals surface area contributed by atoms with Crippen molar-refractivity contribution < 1.29 is 17.6 Å². The zero-order valence-corrected chi connectivity index (χ0v) is 14.4. The molecule has 134 valence electrons. The summed E-state index contributed by atoms with van der Waals surface area (Å²) in [6.45, 7) is 4.55. The normalized spacial score (nSPS) is 12.0. The molecule has 0 saturated carbocycles. The first-order chi connectivity index (χ1) is 11.7. The Morgan fingerprint density at radius 1 is 1.16 bits per heavy atom. The molecule has 0 spiro atoms. The second kappa shape index (κ2) is 7.68. The van der Waals surface area contributed by atoms with Crippen molar-refractivity contribution in [2.24, 2.45) is 4.99 Å². The summed E-state index contributed by atoms with van der Waals surface area (Å²) in [5, 5.41) is 0. The van der Waals surface area contributed by atoms with E-state index in [1.165, 1.54) is 12.1 Å². The molecule has 0 unspecified atom stereocenters. The van der Waals surface area contributed by atoms with E-state index >= 15 is 0 Å². The van der Waals surface area contributed by atoms with E-state index in [0.29, 0.717) is 16.8 Å². The van der Waals surface area contributed by atoms with Crippen molar-refractivity contribution in [1.29, 1.82) is 0 Å². The topological polar surface area (TPSA) is 15.6 Å². The molecule has 0 atom stereocenters. The molecule has 0 aliphatic heterocycles. The van der Waals surface area contributed by atoms with E-state index in [-0.39, 0.29) is 6.42 Å². The number of aryl methyl sites for hydroxylation is 1. The number of nitrogens with zero attached hydrogens (tertiary/aromatic N) is 2. The lowest BCUT2D eigenvalue weighted by molar-refractivity contribution is -0.137. The van der Waals surface area contributed by atoms with Gasteiger partial charge in [0.25, 0.3) is 0 Å². The third kappa shape index (κ3) is 5.05. The molecular weight excluding hydrogens is 332 g/mol.